The normalized spacial score (nSPS) is 41.2. The molecule has 2 bridgehead atoms. The van der Waals surface area contributed by atoms with Gasteiger partial charge in [-0.05, 0) is 0 Å². The van der Waals surface area contributed by atoms with Gasteiger partial charge >= 0.3 is 116 Å². The van der Waals surface area contributed by atoms with Gasteiger partial charge in [0.1, 0.15) is 0 Å². The summed E-state index contributed by atoms with van der Waals surface area (Å²) in [6.07, 6.45) is 2.40. The van der Waals surface area contributed by atoms with E-state index in [2.05, 4.69) is 51.1 Å². The first-order valence-electron chi connectivity index (χ1n) is 6.86. The van der Waals surface area contributed by atoms with Crippen LogP contribution in [0.2, 0.25) is 4.82 Å². The van der Waals surface area contributed by atoms with Gasteiger partial charge in [0.25, 0.3) is 0 Å². The van der Waals surface area contributed by atoms with Gasteiger partial charge in [-0.1, -0.05) is 0 Å². The molecule has 0 spiro atoms. The Morgan fingerprint density at radius 2 is 1.83 bits per heavy atom. The molecular weight excluding hydrogens is 287 g/mol. The fourth-order valence-electron chi connectivity index (χ4n) is 4.05. The maximum atomic E-state index is 10.8. The van der Waals surface area contributed by atoms with Crippen molar-refractivity contribution < 1.29 is 5.11 Å². The molecule has 0 aliphatic heterocycles. The van der Waals surface area contributed by atoms with Crippen LogP contribution in [0.4, 0.5) is 0 Å². The summed E-state index contributed by atoms with van der Waals surface area (Å²) in [4.78, 5) is 0.508. The molecule has 0 saturated heterocycles. The Morgan fingerprint density at radius 3 is 2.39 bits per heavy atom. The molecule has 2 fully saturated rings. The van der Waals surface area contributed by atoms with Crippen LogP contribution in [0.1, 0.15) is 33.6 Å². The van der Waals surface area contributed by atoms with Gasteiger partial charge in [0.05, 0.1) is 0 Å². The van der Waals surface area contributed by atoms with Gasteiger partial charge in [0, 0.05) is 0 Å². The SMILES string of the molecule is CC1(C)C2CCC1(C)C(O)C2[Se]c1ccccc1. The monoisotopic (exact) mass is 310 g/mol. The molecule has 4 unspecified atom stereocenters. The van der Waals surface area contributed by atoms with Crippen LogP contribution in [0.25, 0.3) is 0 Å². The Balaban J connectivity index is 1.88. The van der Waals surface area contributed by atoms with Crippen molar-refractivity contribution in [3.8, 4) is 0 Å². The third kappa shape index (κ3) is 1.56. The number of aliphatic hydroxyl groups is 1. The van der Waals surface area contributed by atoms with Crippen LogP contribution in [-0.4, -0.2) is 26.2 Å². The van der Waals surface area contributed by atoms with E-state index in [-0.39, 0.29) is 11.5 Å². The van der Waals surface area contributed by atoms with Crippen molar-refractivity contribution in [1.82, 2.24) is 0 Å². The van der Waals surface area contributed by atoms with E-state index in [9.17, 15) is 5.11 Å². The van der Waals surface area contributed by atoms with E-state index >= 15 is 0 Å². The Hall–Kier alpha value is -0.301. The van der Waals surface area contributed by atoms with Crippen molar-refractivity contribution in [2.75, 3.05) is 0 Å². The van der Waals surface area contributed by atoms with Crippen molar-refractivity contribution in [1.29, 1.82) is 0 Å². The molecule has 0 radical (unpaired) electrons. The standard InChI is InChI=1S/C16H22OSe/c1-15(2)12-9-10-16(15,3)14(17)13(12)18-11-7-5-4-6-8-11/h4-8,12-14,17H,9-10H2,1-3H3. The van der Waals surface area contributed by atoms with Gasteiger partial charge in [-0.25, -0.2) is 0 Å². The van der Waals surface area contributed by atoms with Crippen LogP contribution in [0.5, 0.6) is 0 Å². The number of hydrogen-bond acceptors (Lipinski definition) is 1. The summed E-state index contributed by atoms with van der Waals surface area (Å²) >= 11 is 0.404. The second-order valence-electron chi connectivity index (χ2n) is 6.62. The summed E-state index contributed by atoms with van der Waals surface area (Å²) in [6, 6.07) is 10.7. The van der Waals surface area contributed by atoms with Crippen molar-refractivity contribution in [2.45, 2.75) is 44.5 Å². The molecule has 0 aromatic heterocycles. The Kier molecular flexibility index (Phi) is 2.89. The topological polar surface area (TPSA) is 20.2 Å². The maximum absolute atomic E-state index is 10.8. The van der Waals surface area contributed by atoms with Crippen molar-refractivity contribution in [3.05, 3.63) is 30.3 Å². The Morgan fingerprint density at radius 1 is 1.17 bits per heavy atom. The van der Waals surface area contributed by atoms with Crippen LogP contribution in [-0.2, 0) is 0 Å². The molecule has 2 heteroatoms. The number of benzene rings is 1. The second-order valence-corrected chi connectivity index (χ2v) is 9.25. The zero-order chi connectivity index (χ0) is 13.0. The van der Waals surface area contributed by atoms with Gasteiger partial charge in [-0.2, -0.15) is 0 Å². The van der Waals surface area contributed by atoms with Crippen LogP contribution in [0.3, 0.4) is 0 Å². The van der Waals surface area contributed by atoms with Crippen LogP contribution < -0.4 is 4.46 Å². The first-order valence-corrected chi connectivity index (χ1v) is 8.71. The van der Waals surface area contributed by atoms with Gasteiger partial charge in [-0.15, -0.1) is 0 Å². The first kappa shape index (κ1) is 12.7. The molecule has 1 nitrogen and oxygen atoms in total. The number of hydrogen-bond donors (Lipinski definition) is 1. The van der Waals surface area contributed by atoms with Crippen LogP contribution >= 0.6 is 0 Å². The predicted octanol–water partition coefficient (Wildman–Crippen LogP) is 2.62. The molecule has 2 saturated carbocycles. The average molecular weight is 309 g/mol. The summed E-state index contributed by atoms with van der Waals surface area (Å²) in [5.41, 5.74) is 0.437. The molecule has 3 rings (SSSR count). The third-order valence-corrected chi connectivity index (χ3v) is 8.69. The Bertz CT molecular complexity index is 442. The van der Waals surface area contributed by atoms with Crippen molar-refractivity contribution in [3.63, 3.8) is 0 Å². The fourth-order valence-corrected chi connectivity index (χ4v) is 7.61. The van der Waals surface area contributed by atoms with Crippen LogP contribution in [0.15, 0.2) is 30.3 Å². The summed E-state index contributed by atoms with van der Waals surface area (Å²) in [6.45, 7) is 7.04. The van der Waals surface area contributed by atoms with E-state index in [1.807, 2.05) is 0 Å². The van der Waals surface area contributed by atoms with E-state index in [4.69, 9.17) is 0 Å². The molecule has 98 valence electrons. The van der Waals surface area contributed by atoms with Crippen LogP contribution in [0, 0.1) is 16.7 Å². The molecule has 0 heterocycles. The minimum atomic E-state index is -0.105. The number of rotatable bonds is 2. The average Bonchev–Trinajstić information content (AvgIpc) is 2.65. The number of fused-ring (bicyclic) bond motifs is 2. The molecule has 2 aliphatic carbocycles. The quantitative estimate of drug-likeness (QED) is 0.833. The van der Waals surface area contributed by atoms with E-state index in [0.717, 1.165) is 0 Å². The summed E-state index contributed by atoms with van der Waals surface area (Å²) in [5, 5.41) is 10.8. The van der Waals surface area contributed by atoms with Crippen molar-refractivity contribution >= 4 is 19.4 Å². The first-order chi connectivity index (χ1) is 8.47. The molecular formula is C16H22OSe. The van der Waals surface area contributed by atoms with E-state index in [1.54, 1.807) is 0 Å². The molecule has 2 aliphatic rings. The summed E-state index contributed by atoms with van der Waals surface area (Å²) < 4.78 is 1.43. The molecule has 4 atom stereocenters. The third-order valence-electron chi connectivity index (χ3n) is 5.75. The molecule has 0 amide bonds. The number of aliphatic hydroxyl groups excluding tert-OH is 1. The Labute approximate surface area is 116 Å². The fraction of sp³-hybridized carbons (Fsp3) is 0.625. The molecule has 1 N–H and O–H groups in total. The molecule has 1 aromatic rings. The van der Waals surface area contributed by atoms with Gasteiger partial charge in [-0.3, -0.25) is 0 Å². The van der Waals surface area contributed by atoms with Gasteiger partial charge in [0.15, 0.2) is 0 Å². The van der Waals surface area contributed by atoms with Crippen molar-refractivity contribution in [2.24, 2.45) is 16.7 Å². The molecule has 18 heavy (non-hydrogen) atoms. The molecule has 1 aromatic carbocycles. The zero-order valence-corrected chi connectivity index (χ0v) is 13.1. The predicted molar refractivity (Wildman–Crippen MR) is 76.2 cm³/mol. The van der Waals surface area contributed by atoms with Gasteiger partial charge < -0.3 is 0 Å². The summed E-state index contributed by atoms with van der Waals surface area (Å²) in [5.74, 6) is 0.706. The van der Waals surface area contributed by atoms with E-state index in [1.165, 1.54) is 17.3 Å². The van der Waals surface area contributed by atoms with E-state index in [0.29, 0.717) is 31.1 Å². The zero-order valence-electron chi connectivity index (χ0n) is 11.4. The van der Waals surface area contributed by atoms with E-state index < -0.39 is 0 Å². The second kappa shape index (κ2) is 4.10. The minimum absolute atomic E-state index is 0.105. The van der Waals surface area contributed by atoms with Gasteiger partial charge in [0.2, 0.25) is 0 Å². The summed E-state index contributed by atoms with van der Waals surface area (Å²) in [7, 11) is 0.